The Hall–Kier alpha value is -1.60. The van der Waals surface area contributed by atoms with Crippen LogP contribution in [0.4, 0.5) is 5.69 Å². The second-order valence-corrected chi connectivity index (χ2v) is 8.36. The summed E-state index contributed by atoms with van der Waals surface area (Å²) in [5, 5.41) is 12.3. The van der Waals surface area contributed by atoms with E-state index < -0.39 is 21.5 Å². The van der Waals surface area contributed by atoms with Crippen molar-refractivity contribution in [3.8, 4) is 0 Å². The molecule has 6 nitrogen and oxygen atoms in total. The Morgan fingerprint density at radius 3 is 2.39 bits per heavy atom. The standard InChI is InChI=1S/C16H26N2O4S/c1-6-7-11(2)17-13-9-8-12(15(19)20)10-14(13)23(21,22)18-16(3,4)5/h8-11,17-18H,6-7H2,1-5H3,(H,19,20). The normalized spacial score (nSPS) is 13.6. The van der Waals surface area contributed by atoms with Crippen LogP contribution in [0.25, 0.3) is 0 Å². The van der Waals surface area contributed by atoms with E-state index in [0.29, 0.717) is 5.69 Å². The number of hydrogen-bond acceptors (Lipinski definition) is 4. The lowest BCUT2D eigenvalue weighted by Gasteiger charge is -2.23. The molecular formula is C16H26N2O4S. The van der Waals surface area contributed by atoms with Crippen LogP contribution in [-0.4, -0.2) is 31.1 Å². The number of rotatable bonds is 7. The number of carboxylic acids is 1. The maximum absolute atomic E-state index is 12.6. The third-order valence-electron chi connectivity index (χ3n) is 3.08. The monoisotopic (exact) mass is 342 g/mol. The Labute approximate surface area is 138 Å². The van der Waals surface area contributed by atoms with Gasteiger partial charge in [0.1, 0.15) is 4.90 Å². The number of sulfonamides is 1. The summed E-state index contributed by atoms with van der Waals surface area (Å²) in [5.74, 6) is -1.16. The van der Waals surface area contributed by atoms with E-state index in [1.807, 2.05) is 13.8 Å². The maximum Gasteiger partial charge on any atom is 0.335 e. The molecule has 0 bridgehead atoms. The van der Waals surface area contributed by atoms with Crippen molar-refractivity contribution in [1.29, 1.82) is 0 Å². The molecule has 130 valence electrons. The summed E-state index contributed by atoms with van der Waals surface area (Å²) in [6.07, 6.45) is 1.84. The Bertz CT molecular complexity index is 663. The minimum absolute atomic E-state index is 0.0460. The quantitative estimate of drug-likeness (QED) is 0.708. The summed E-state index contributed by atoms with van der Waals surface area (Å²) in [4.78, 5) is 11.1. The van der Waals surface area contributed by atoms with Crippen molar-refractivity contribution >= 4 is 21.7 Å². The molecule has 0 aromatic heterocycles. The lowest BCUT2D eigenvalue weighted by molar-refractivity contribution is 0.0696. The number of aromatic carboxylic acids is 1. The molecule has 1 atom stereocenters. The summed E-state index contributed by atoms with van der Waals surface area (Å²) < 4.78 is 27.8. The van der Waals surface area contributed by atoms with Crippen molar-refractivity contribution in [2.45, 2.75) is 63.9 Å². The van der Waals surface area contributed by atoms with Gasteiger partial charge < -0.3 is 10.4 Å². The van der Waals surface area contributed by atoms with Crippen molar-refractivity contribution in [3.05, 3.63) is 23.8 Å². The smallest absolute Gasteiger partial charge is 0.335 e. The van der Waals surface area contributed by atoms with Crippen LogP contribution in [0, 0.1) is 0 Å². The summed E-state index contributed by atoms with van der Waals surface area (Å²) in [6.45, 7) is 9.21. The molecule has 7 heteroatoms. The van der Waals surface area contributed by atoms with Crippen LogP contribution >= 0.6 is 0 Å². The summed E-state index contributed by atoms with van der Waals surface area (Å²) in [6, 6.07) is 4.18. The average Bonchev–Trinajstić information content (AvgIpc) is 2.36. The molecule has 23 heavy (non-hydrogen) atoms. The van der Waals surface area contributed by atoms with E-state index in [4.69, 9.17) is 5.11 Å². The van der Waals surface area contributed by atoms with E-state index in [-0.39, 0.29) is 16.5 Å². The fraction of sp³-hybridized carbons (Fsp3) is 0.562. The lowest BCUT2D eigenvalue weighted by Crippen LogP contribution is -2.40. The summed E-state index contributed by atoms with van der Waals surface area (Å²) in [7, 11) is -3.84. The first-order valence-electron chi connectivity index (χ1n) is 7.64. The summed E-state index contributed by atoms with van der Waals surface area (Å²) >= 11 is 0. The van der Waals surface area contributed by atoms with Crippen LogP contribution in [0.3, 0.4) is 0 Å². The van der Waals surface area contributed by atoms with Crippen LogP contribution in [0.2, 0.25) is 0 Å². The molecule has 0 saturated heterocycles. The van der Waals surface area contributed by atoms with Crippen molar-refractivity contribution in [1.82, 2.24) is 4.72 Å². The minimum Gasteiger partial charge on any atom is -0.478 e. The highest BCUT2D eigenvalue weighted by atomic mass is 32.2. The van der Waals surface area contributed by atoms with Gasteiger partial charge in [0.25, 0.3) is 0 Å². The molecule has 0 amide bonds. The molecular weight excluding hydrogens is 316 g/mol. The molecule has 0 fully saturated rings. The highest BCUT2D eigenvalue weighted by Crippen LogP contribution is 2.25. The van der Waals surface area contributed by atoms with Crippen LogP contribution in [-0.2, 0) is 10.0 Å². The first kappa shape index (κ1) is 19.4. The van der Waals surface area contributed by atoms with Gasteiger partial charge in [0, 0.05) is 11.6 Å². The molecule has 1 rings (SSSR count). The van der Waals surface area contributed by atoms with E-state index in [1.165, 1.54) is 18.2 Å². The molecule has 0 aliphatic heterocycles. The van der Waals surface area contributed by atoms with Gasteiger partial charge in [-0.15, -0.1) is 0 Å². The van der Waals surface area contributed by atoms with E-state index in [2.05, 4.69) is 10.0 Å². The second-order valence-electron chi connectivity index (χ2n) is 6.71. The average molecular weight is 342 g/mol. The fourth-order valence-corrected chi connectivity index (χ4v) is 3.84. The minimum atomic E-state index is -3.84. The summed E-state index contributed by atoms with van der Waals surface area (Å²) in [5.41, 5.74) is -0.314. The molecule has 1 unspecified atom stereocenters. The molecule has 0 heterocycles. The van der Waals surface area contributed by atoms with E-state index >= 15 is 0 Å². The van der Waals surface area contributed by atoms with Crippen molar-refractivity contribution in [3.63, 3.8) is 0 Å². The van der Waals surface area contributed by atoms with Gasteiger partial charge in [0.05, 0.1) is 11.3 Å². The molecule has 1 aromatic carbocycles. The number of benzene rings is 1. The van der Waals surface area contributed by atoms with Crippen molar-refractivity contribution in [2.75, 3.05) is 5.32 Å². The van der Waals surface area contributed by atoms with Crippen LogP contribution in [0.15, 0.2) is 23.1 Å². The number of carboxylic acid groups (broad SMARTS) is 1. The first-order chi connectivity index (χ1) is 10.5. The van der Waals surface area contributed by atoms with Gasteiger partial charge in [-0.2, -0.15) is 0 Å². The third-order valence-corrected chi connectivity index (χ3v) is 4.88. The SMILES string of the molecule is CCCC(C)Nc1ccc(C(=O)O)cc1S(=O)(=O)NC(C)(C)C. The fourth-order valence-electron chi connectivity index (χ4n) is 2.23. The van der Waals surface area contributed by atoms with E-state index in [0.717, 1.165) is 12.8 Å². The molecule has 0 aliphatic carbocycles. The van der Waals surface area contributed by atoms with Gasteiger partial charge in [0.2, 0.25) is 10.0 Å². The molecule has 1 aromatic rings. The van der Waals surface area contributed by atoms with Crippen LogP contribution in [0.1, 0.15) is 57.8 Å². The highest BCUT2D eigenvalue weighted by Gasteiger charge is 2.26. The van der Waals surface area contributed by atoms with Gasteiger partial charge in [-0.05, 0) is 52.3 Å². The van der Waals surface area contributed by atoms with Gasteiger partial charge in [0.15, 0.2) is 0 Å². The topological polar surface area (TPSA) is 95.5 Å². The number of hydrogen-bond donors (Lipinski definition) is 3. The number of anilines is 1. The van der Waals surface area contributed by atoms with Gasteiger partial charge in [-0.1, -0.05) is 13.3 Å². The van der Waals surface area contributed by atoms with Gasteiger partial charge in [-0.25, -0.2) is 17.9 Å². The Kier molecular flexibility index (Phi) is 6.18. The zero-order valence-electron chi connectivity index (χ0n) is 14.3. The van der Waals surface area contributed by atoms with E-state index in [9.17, 15) is 13.2 Å². The predicted molar refractivity (Wildman–Crippen MR) is 91.5 cm³/mol. The van der Waals surface area contributed by atoms with Crippen LogP contribution in [0.5, 0.6) is 0 Å². The zero-order valence-corrected chi connectivity index (χ0v) is 15.1. The third kappa shape index (κ3) is 5.84. The molecule has 0 saturated carbocycles. The predicted octanol–water partition coefficient (Wildman–Crippen LogP) is 3.06. The van der Waals surface area contributed by atoms with E-state index in [1.54, 1.807) is 20.8 Å². The molecule has 0 aliphatic rings. The van der Waals surface area contributed by atoms with Crippen LogP contribution < -0.4 is 10.0 Å². The lowest BCUT2D eigenvalue weighted by atomic mass is 10.1. The Morgan fingerprint density at radius 2 is 1.91 bits per heavy atom. The molecule has 0 spiro atoms. The number of carbonyl (C=O) groups is 1. The molecule has 0 radical (unpaired) electrons. The van der Waals surface area contributed by atoms with Crippen molar-refractivity contribution < 1.29 is 18.3 Å². The Morgan fingerprint density at radius 1 is 1.30 bits per heavy atom. The second kappa shape index (κ2) is 7.31. The maximum atomic E-state index is 12.6. The molecule has 3 N–H and O–H groups in total. The number of nitrogens with one attached hydrogen (secondary N) is 2. The Balaban J connectivity index is 3.34. The van der Waals surface area contributed by atoms with Crippen molar-refractivity contribution in [2.24, 2.45) is 0 Å². The first-order valence-corrected chi connectivity index (χ1v) is 9.12. The van der Waals surface area contributed by atoms with Gasteiger partial charge in [-0.3, -0.25) is 0 Å². The highest BCUT2D eigenvalue weighted by molar-refractivity contribution is 7.89. The zero-order chi connectivity index (χ0) is 17.8. The largest absolute Gasteiger partial charge is 0.478 e. The van der Waals surface area contributed by atoms with Gasteiger partial charge >= 0.3 is 5.97 Å².